The number of nitrogens with one attached hydrogen (secondary N) is 1. The van der Waals surface area contributed by atoms with E-state index in [4.69, 9.17) is 14.2 Å². The van der Waals surface area contributed by atoms with Gasteiger partial charge >= 0.3 is 0 Å². The standard InChI is InChI=1S/C30H37N3O9S2/c1-20-17-33(21(2)19-34)30(35)27-16-22(31-43(36,37)25-11-7-23(40-4)8-12-25)6-15-28(27)42-29(20)18-32(3)44(38,39)26-13-9-24(41-5)10-14-26/h6-16,20-21,29,31,34H,17-19H2,1-5H3/t20-,21-,29+/m1/s1. The van der Waals surface area contributed by atoms with Gasteiger partial charge in [-0.15, -0.1) is 0 Å². The van der Waals surface area contributed by atoms with Gasteiger partial charge in [0.2, 0.25) is 10.0 Å². The van der Waals surface area contributed by atoms with Crippen molar-refractivity contribution in [3.63, 3.8) is 0 Å². The highest BCUT2D eigenvalue weighted by Gasteiger charge is 2.35. The van der Waals surface area contributed by atoms with E-state index < -0.39 is 38.1 Å². The average Bonchev–Trinajstić information content (AvgIpc) is 3.02. The molecule has 3 aromatic rings. The van der Waals surface area contributed by atoms with Crippen molar-refractivity contribution in [2.75, 3.05) is 45.7 Å². The number of nitrogens with zero attached hydrogens (tertiary/aromatic N) is 2. The first-order valence-electron chi connectivity index (χ1n) is 13.8. The molecule has 1 aliphatic rings. The molecule has 0 saturated carbocycles. The maximum absolute atomic E-state index is 13.7. The van der Waals surface area contributed by atoms with Crippen LogP contribution in [0.2, 0.25) is 0 Å². The quantitative estimate of drug-likeness (QED) is 0.320. The molecular weight excluding hydrogens is 610 g/mol. The first-order chi connectivity index (χ1) is 20.8. The molecule has 1 heterocycles. The Bertz CT molecular complexity index is 1680. The summed E-state index contributed by atoms with van der Waals surface area (Å²) in [5.41, 5.74) is 0.190. The molecule has 0 unspecified atom stereocenters. The van der Waals surface area contributed by atoms with Crippen LogP contribution in [0, 0.1) is 5.92 Å². The average molecular weight is 648 g/mol. The summed E-state index contributed by atoms with van der Waals surface area (Å²) in [4.78, 5) is 15.3. The fourth-order valence-corrected chi connectivity index (χ4v) is 6.98. The van der Waals surface area contributed by atoms with Gasteiger partial charge in [-0.05, 0) is 73.7 Å². The number of aliphatic hydroxyl groups excluding tert-OH is 1. The van der Waals surface area contributed by atoms with Crippen molar-refractivity contribution in [2.45, 2.75) is 35.8 Å². The van der Waals surface area contributed by atoms with Crippen molar-refractivity contribution in [3.05, 3.63) is 72.3 Å². The van der Waals surface area contributed by atoms with Gasteiger partial charge in [0.05, 0.1) is 48.8 Å². The molecule has 0 saturated heterocycles. The van der Waals surface area contributed by atoms with Crippen molar-refractivity contribution >= 4 is 31.6 Å². The summed E-state index contributed by atoms with van der Waals surface area (Å²) >= 11 is 0. The zero-order valence-corrected chi connectivity index (χ0v) is 26.8. The van der Waals surface area contributed by atoms with E-state index in [0.717, 1.165) is 0 Å². The summed E-state index contributed by atoms with van der Waals surface area (Å²) < 4.78 is 73.1. The van der Waals surface area contributed by atoms with Crippen LogP contribution in [0.15, 0.2) is 76.5 Å². The third kappa shape index (κ3) is 7.09. The second-order valence-electron chi connectivity index (χ2n) is 10.6. The largest absolute Gasteiger partial charge is 0.497 e. The van der Waals surface area contributed by atoms with Gasteiger partial charge in [0, 0.05) is 25.2 Å². The summed E-state index contributed by atoms with van der Waals surface area (Å²) in [5, 5.41) is 9.93. The molecule has 14 heteroatoms. The van der Waals surface area contributed by atoms with Crippen molar-refractivity contribution in [2.24, 2.45) is 5.92 Å². The van der Waals surface area contributed by atoms with Gasteiger partial charge < -0.3 is 24.2 Å². The van der Waals surface area contributed by atoms with Crippen molar-refractivity contribution in [1.29, 1.82) is 0 Å². The number of rotatable bonds is 11. The van der Waals surface area contributed by atoms with E-state index in [-0.39, 0.29) is 52.4 Å². The summed E-state index contributed by atoms with van der Waals surface area (Å²) in [6.45, 7) is 3.33. The number of hydrogen-bond donors (Lipinski definition) is 2. The molecule has 0 fully saturated rings. The Balaban J connectivity index is 1.66. The first kappa shape index (κ1) is 33.1. The Labute approximate surface area is 258 Å². The number of carbonyl (C=O) groups is 1. The molecule has 0 aromatic heterocycles. The van der Waals surface area contributed by atoms with Crippen LogP contribution >= 0.6 is 0 Å². The lowest BCUT2D eigenvalue weighted by molar-refractivity contribution is 0.0387. The van der Waals surface area contributed by atoms with Crippen LogP contribution < -0.4 is 18.9 Å². The molecule has 0 aliphatic carbocycles. The van der Waals surface area contributed by atoms with Crippen LogP contribution in [-0.4, -0.2) is 90.2 Å². The molecule has 44 heavy (non-hydrogen) atoms. The molecule has 3 aromatic carbocycles. The van der Waals surface area contributed by atoms with E-state index in [1.54, 1.807) is 19.1 Å². The third-order valence-corrected chi connectivity index (χ3v) is 10.7. The number of fused-ring (bicyclic) bond motifs is 1. The van der Waals surface area contributed by atoms with Gasteiger partial charge in [-0.1, -0.05) is 6.92 Å². The van der Waals surface area contributed by atoms with Crippen LogP contribution in [0.25, 0.3) is 0 Å². The predicted octanol–water partition coefficient (Wildman–Crippen LogP) is 3.05. The number of amides is 1. The summed E-state index contributed by atoms with van der Waals surface area (Å²) in [5.74, 6) is 0.370. The number of sulfonamides is 2. The van der Waals surface area contributed by atoms with E-state index >= 15 is 0 Å². The zero-order chi connectivity index (χ0) is 32.2. The molecule has 1 amide bonds. The fourth-order valence-electron chi connectivity index (χ4n) is 4.75. The fraction of sp³-hybridized carbons (Fsp3) is 0.367. The highest BCUT2D eigenvalue weighted by Crippen LogP contribution is 2.32. The Morgan fingerprint density at radius 3 is 2.09 bits per heavy atom. The van der Waals surface area contributed by atoms with Crippen LogP contribution in [0.4, 0.5) is 5.69 Å². The van der Waals surface area contributed by atoms with Crippen molar-refractivity contribution < 1.29 is 40.9 Å². The summed E-state index contributed by atoms with van der Waals surface area (Å²) in [6, 6.07) is 15.6. The monoisotopic (exact) mass is 647 g/mol. The second kappa shape index (κ2) is 13.4. The molecular formula is C30H37N3O9S2. The number of aliphatic hydroxyl groups is 1. The van der Waals surface area contributed by atoms with Crippen molar-refractivity contribution in [3.8, 4) is 17.2 Å². The molecule has 2 N–H and O–H groups in total. The molecule has 0 bridgehead atoms. The molecule has 0 spiro atoms. The zero-order valence-electron chi connectivity index (χ0n) is 25.1. The van der Waals surface area contributed by atoms with E-state index in [0.29, 0.717) is 11.5 Å². The number of anilines is 1. The Morgan fingerprint density at radius 2 is 1.55 bits per heavy atom. The molecule has 3 atom stereocenters. The molecule has 238 valence electrons. The van der Waals surface area contributed by atoms with Gasteiger partial charge in [0.15, 0.2) is 0 Å². The molecule has 12 nitrogen and oxygen atoms in total. The van der Waals surface area contributed by atoms with E-state index in [1.807, 2.05) is 6.92 Å². The van der Waals surface area contributed by atoms with Gasteiger partial charge in [0.25, 0.3) is 15.9 Å². The lowest BCUT2D eigenvalue weighted by Gasteiger charge is -2.38. The molecule has 4 rings (SSSR count). The minimum atomic E-state index is -4.01. The Morgan fingerprint density at radius 1 is 0.977 bits per heavy atom. The maximum Gasteiger partial charge on any atom is 0.261 e. The molecule has 1 aliphatic heterocycles. The van der Waals surface area contributed by atoms with E-state index in [2.05, 4.69) is 4.72 Å². The first-order valence-corrected chi connectivity index (χ1v) is 16.7. The van der Waals surface area contributed by atoms with Crippen LogP contribution in [0.5, 0.6) is 17.2 Å². The molecule has 0 radical (unpaired) electrons. The number of hydrogen-bond acceptors (Lipinski definition) is 9. The van der Waals surface area contributed by atoms with Gasteiger partial charge in [0.1, 0.15) is 23.4 Å². The predicted molar refractivity (Wildman–Crippen MR) is 164 cm³/mol. The normalized spacial score (nSPS) is 18.1. The van der Waals surface area contributed by atoms with Gasteiger partial charge in [-0.3, -0.25) is 9.52 Å². The van der Waals surface area contributed by atoms with Crippen molar-refractivity contribution in [1.82, 2.24) is 9.21 Å². The topological polar surface area (TPSA) is 152 Å². The van der Waals surface area contributed by atoms with Crippen LogP contribution in [-0.2, 0) is 20.0 Å². The van der Waals surface area contributed by atoms with E-state index in [1.165, 1.54) is 85.1 Å². The Hall–Kier alpha value is -3.85. The number of likely N-dealkylation sites (N-methyl/N-ethyl adjacent to an activating group) is 1. The number of carbonyl (C=O) groups excluding carboxylic acids is 1. The number of methoxy groups -OCH3 is 2. The second-order valence-corrected chi connectivity index (χ2v) is 14.3. The summed E-state index contributed by atoms with van der Waals surface area (Å²) in [7, 11) is -3.49. The minimum absolute atomic E-state index is 0.00172. The highest BCUT2D eigenvalue weighted by molar-refractivity contribution is 7.92. The SMILES string of the molecule is COc1ccc(S(=O)(=O)Nc2ccc3c(c2)C(=O)N([C@H](C)CO)C[C@@H](C)[C@H](CN(C)S(=O)(=O)c2ccc(OC)cc2)O3)cc1. The van der Waals surface area contributed by atoms with Crippen LogP contribution in [0.3, 0.4) is 0 Å². The third-order valence-electron chi connectivity index (χ3n) is 7.49. The van der Waals surface area contributed by atoms with Crippen LogP contribution in [0.1, 0.15) is 24.2 Å². The summed E-state index contributed by atoms with van der Waals surface area (Å²) in [6.07, 6.45) is -0.699. The smallest absolute Gasteiger partial charge is 0.261 e. The van der Waals surface area contributed by atoms with Gasteiger partial charge in [-0.2, -0.15) is 4.31 Å². The number of benzene rings is 3. The maximum atomic E-state index is 13.7. The minimum Gasteiger partial charge on any atom is -0.497 e. The number of ether oxygens (including phenoxy) is 3. The lowest BCUT2D eigenvalue weighted by Crippen LogP contribution is -2.50. The Kier molecular flexibility index (Phi) is 10.1. The van der Waals surface area contributed by atoms with Gasteiger partial charge in [-0.25, -0.2) is 16.8 Å². The van der Waals surface area contributed by atoms with E-state index in [9.17, 15) is 26.7 Å². The lowest BCUT2D eigenvalue weighted by atomic mass is 9.99. The highest BCUT2D eigenvalue weighted by atomic mass is 32.2.